The number of hydrogen-bond acceptors (Lipinski definition) is 4. The van der Waals surface area contributed by atoms with Gasteiger partial charge >= 0.3 is 0 Å². The molecule has 3 nitrogen and oxygen atoms in total. The molecule has 1 fully saturated rings. The third-order valence-corrected chi connectivity index (χ3v) is 5.96. The maximum atomic E-state index is 5.43. The lowest BCUT2D eigenvalue weighted by Gasteiger charge is -2.26. The Labute approximate surface area is 143 Å². The van der Waals surface area contributed by atoms with Gasteiger partial charge in [0, 0.05) is 29.6 Å². The number of aromatic nitrogens is 1. The lowest BCUT2D eigenvalue weighted by molar-refractivity contribution is 0.101. The van der Waals surface area contributed by atoms with Crippen LogP contribution in [0.15, 0.2) is 36.5 Å². The number of methoxy groups -OCH3 is 1. The van der Waals surface area contributed by atoms with Crippen LogP contribution in [0.1, 0.15) is 53.1 Å². The first-order valence-electron chi connectivity index (χ1n) is 8.46. The molecule has 0 aromatic carbocycles. The summed E-state index contributed by atoms with van der Waals surface area (Å²) >= 11 is 1.99. The second-order valence-electron chi connectivity index (χ2n) is 6.43. The Bertz CT molecular complexity index is 592. The van der Waals surface area contributed by atoms with E-state index in [-0.39, 0.29) is 6.04 Å². The van der Waals surface area contributed by atoms with Crippen molar-refractivity contribution < 1.29 is 4.74 Å². The van der Waals surface area contributed by atoms with E-state index < -0.39 is 0 Å². The van der Waals surface area contributed by atoms with Gasteiger partial charge in [0.15, 0.2) is 0 Å². The second kappa shape index (κ2) is 8.04. The van der Waals surface area contributed by atoms with Crippen LogP contribution in [0.5, 0.6) is 0 Å². The zero-order valence-corrected chi connectivity index (χ0v) is 14.9. The molecule has 0 radical (unpaired) electrons. The normalized spacial score (nSPS) is 17.0. The molecule has 2 heterocycles. The van der Waals surface area contributed by atoms with Gasteiger partial charge in [-0.3, -0.25) is 9.88 Å². The standard InChI is InChI=1S/C19H26N2OS/c1-21(18(14-22-2)17-9-5-6-12-20-17)13-16-10-11-19(23-16)15-7-3-4-8-15/h5-6,9-12,15,18H,3-4,7-8,13-14H2,1-2H3/t18-/m0/s1. The van der Waals surface area contributed by atoms with Gasteiger partial charge in [-0.2, -0.15) is 0 Å². The maximum absolute atomic E-state index is 5.43. The summed E-state index contributed by atoms with van der Waals surface area (Å²) in [5.41, 5.74) is 1.07. The SMILES string of the molecule is COC[C@@H](c1ccccn1)N(C)Cc1ccc(C2CCCC2)s1. The van der Waals surface area contributed by atoms with Gasteiger partial charge in [0.1, 0.15) is 0 Å². The van der Waals surface area contributed by atoms with Crippen molar-refractivity contribution in [2.45, 2.75) is 44.2 Å². The summed E-state index contributed by atoms with van der Waals surface area (Å²) in [6.45, 7) is 1.61. The molecule has 2 aromatic heterocycles. The summed E-state index contributed by atoms with van der Waals surface area (Å²) in [6.07, 6.45) is 7.39. The minimum atomic E-state index is 0.193. The highest BCUT2D eigenvalue weighted by Crippen LogP contribution is 2.38. The summed E-state index contributed by atoms with van der Waals surface area (Å²) in [4.78, 5) is 9.87. The van der Waals surface area contributed by atoms with Crippen molar-refractivity contribution in [3.63, 3.8) is 0 Å². The van der Waals surface area contributed by atoms with E-state index in [2.05, 4.69) is 35.1 Å². The van der Waals surface area contributed by atoms with Gasteiger partial charge in [-0.05, 0) is 50.1 Å². The van der Waals surface area contributed by atoms with Crippen molar-refractivity contribution in [1.82, 2.24) is 9.88 Å². The van der Waals surface area contributed by atoms with Crippen LogP contribution in [0.4, 0.5) is 0 Å². The first-order chi connectivity index (χ1) is 11.3. The van der Waals surface area contributed by atoms with Gasteiger partial charge in [-0.1, -0.05) is 18.9 Å². The number of thiophene rings is 1. The van der Waals surface area contributed by atoms with E-state index in [0.29, 0.717) is 6.61 Å². The zero-order valence-electron chi connectivity index (χ0n) is 14.1. The molecule has 2 aromatic rings. The van der Waals surface area contributed by atoms with Gasteiger partial charge in [0.05, 0.1) is 18.3 Å². The number of ether oxygens (including phenoxy) is 1. The fraction of sp³-hybridized carbons (Fsp3) is 0.526. The van der Waals surface area contributed by atoms with Crippen molar-refractivity contribution in [2.75, 3.05) is 20.8 Å². The third kappa shape index (κ3) is 4.19. The first-order valence-corrected chi connectivity index (χ1v) is 9.28. The average molecular weight is 330 g/mol. The van der Waals surface area contributed by atoms with Crippen molar-refractivity contribution >= 4 is 11.3 Å². The highest BCUT2D eigenvalue weighted by atomic mass is 32.1. The number of likely N-dealkylation sites (N-methyl/N-ethyl adjacent to an activating group) is 1. The summed E-state index contributed by atoms with van der Waals surface area (Å²) < 4.78 is 5.43. The molecule has 1 aliphatic carbocycles. The number of hydrogen-bond donors (Lipinski definition) is 0. The molecular weight excluding hydrogens is 304 g/mol. The monoisotopic (exact) mass is 330 g/mol. The van der Waals surface area contributed by atoms with Crippen molar-refractivity contribution in [1.29, 1.82) is 0 Å². The molecule has 23 heavy (non-hydrogen) atoms. The van der Waals surface area contributed by atoms with Crippen LogP contribution in [0.25, 0.3) is 0 Å². The van der Waals surface area contributed by atoms with E-state index in [1.807, 2.05) is 29.7 Å². The predicted molar refractivity (Wildman–Crippen MR) is 95.8 cm³/mol. The molecule has 1 aliphatic rings. The molecule has 0 amide bonds. The largest absolute Gasteiger partial charge is 0.383 e. The van der Waals surface area contributed by atoms with Crippen molar-refractivity contribution in [2.24, 2.45) is 0 Å². The van der Waals surface area contributed by atoms with Crippen LogP contribution >= 0.6 is 11.3 Å². The maximum Gasteiger partial charge on any atom is 0.0758 e. The Kier molecular flexibility index (Phi) is 5.81. The quantitative estimate of drug-likeness (QED) is 0.740. The molecule has 0 spiro atoms. The molecule has 4 heteroatoms. The minimum Gasteiger partial charge on any atom is -0.383 e. The van der Waals surface area contributed by atoms with E-state index in [1.165, 1.54) is 30.6 Å². The van der Waals surface area contributed by atoms with Crippen LogP contribution in [0.2, 0.25) is 0 Å². The molecule has 124 valence electrons. The summed E-state index contributed by atoms with van der Waals surface area (Å²) in [5, 5.41) is 0. The Morgan fingerprint density at radius 2 is 2.09 bits per heavy atom. The van der Waals surface area contributed by atoms with E-state index in [9.17, 15) is 0 Å². The summed E-state index contributed by atoms with van der Waals surface area (Å²) in [7, 11) is 3.92. The molecule has 0 aliphatic heterocycles. The molecule has 0 saturated heterocycles. The fourth-order valence-corrected chi connectivity index (χ4v) is 4.68. The van der Waals surface area contributed by atoms with Crippen LogP contribution < -0.4 is 0 Å². The van der Waals surface area contributed by atoms with Crippen LogP contribution in [0.3, 0.4) is 0 Å². The Morgan fingerprint density at radius 3 is 2.78 bits per heavy atom. The summed E-state index contributed by atoms with van der Waals surface area (Å²) in [6, 6.07) is 10.9. The van der Waals surface area contributed by atoms with Crippen molar-refractivity contribution in [3.05, 3.63) is 52.0 Å². The number of nitrogens with zero attached hydrogens (tertiary/aromatic N) is 2. The molecule has 1 atom stereocenters. The smallest absolute Gasteiger partial charge is 0.0758 e. The van der Waals surface area contributed by atoms with Gasteiger partial charge in [0.25, 0.3) is 0 Å². The highest BCUT2D eigenvalue weighted by molar-refractivity contribution is 7.12. The van der Waals surface area contributed by atoms with E-state index >= 15 is 0 Å². The van der Waals surface area contributed by atoms with Crippen LogP contribution in [0, 0.1) is 0 Å². The third-order valence-electron chi connectivity index (χ3n) is 4.73. The molecule has 1 saturated carbocycles. The van der Waals surface area contributed by atoms with Crippen LogP contribution in [-0.2, 0) is 11.3 Å². The molecular formula is C19H26N2OS. The minimum absolute atomic E-state index is 0.193. The van der Waals surface area contributed by atoms with Crippen LogP contribution in [-0.4, -0.2) is 30.6 Å². The van der Waals surface area contributed by atoms with E-state index in [0.717, 1.165) is 18.2 Å². The first kappa shape index (κ1) is 16.6. The molecule has 0 N–H and O–H groups in total. The predicted octanol–water partition coefficient (Wildman–Crippen LogP) is 4.62. The average Bonchev–Trinajstić information content (AvgIpc) is 3.24. The van der Waals surface area contributed by atoms with Gasteiger partial charge < -0.3 is 4.74 Å². The second-order valence-corrected chi connectivity index (χ2v) is 7.63. The Hall–Kier alpha value is -1.23. The number of rotatable bonds is 7. The Morgan fingerprint density at radius 1 is 1.26 bits per heavy atom. The summed E-state index contributed by atoms with van der Waals surface area (Å²) in [5.74, 6) is 0.810. The Balaban J connectivity index is 1.67. The van der Waals surface area contributed by atoms with E-state index in [1.54, 1.807) is 12.0 Å². The molecule has 3 rings (SSSR count). The van der Waals surface area contributed by atoms with Crippen molar-refractivity contribution in [3.8, 4) is 0 Å². The number of pyridine rings is 1. The fourth-order valence-electron chi connectivity index (χ4n) is 3.43. The van der Waals surface area contributed by atoms with Gasteiger partial charge in [-0.25, -0.2) is 0 Å². The topological polar surface area (TPSA) is 25.4 Å². The van der Waals surface area contributed by atoms with Gasteiger partial charge in [0.2, 0.25) is 0 Å². The molecule has 0 unspecified atom stereocenters. The lowest BCUT2D eigenvalue weighted by Crippen LogP contribution is -2.28. The lowest BCUT2D eigenvalue weighted by atomic mass is 10.1. The van der Waals surface area contributed by atoms with E-state index in [4.69, 9.17) is 4.74 Å². The zero-order chi connectivity index (χ0) is 16.1. The van der Waals surface area contributed by atoms with Gasteiger partial charge in [-0.15, -0.1) is 11.3 Å². The molecule has 0 bridgehead atoms. The highest BCUT2D eigenvalue weighted by Gasteiger charge is 2.21.